The lowest BCUT2D eigenvalue weighted by atomic mass is 10.4. The Morgan fingerprint density at radius 2 is 2.06 bits per heavy atom. The fourth-order valence-corrected chi connectivity index (χ4v) is 2.13. The van der Waals surface area contributed by atoms with Crippen LogP contribution in [0.15, 0.2) is 30.5 Å². The summed E-state index contributed by atoms with van der Waals surface area (Å²) in [6.07, 6.45) is 1.50. The van der Waals surface area contributed by atoms with Crippen LogP contribution in [0.5, 0.6) is 0 Å². The minimum atomic E-state index is -0.207. The number of hydrogen-bond donors (Lipinski definition) is 1. The largest absolute Gasteiger partial charge is 0.320 e. The van der Waals surface area contributed by atoms with Gasteiger partial charge in [-0.25, -0.2) is 4.98 Å². The van der Waals surface area contributed by atoms with Crippen LogP contribution < -0.4 is 5.32 Å². The number of carbonyl (C=O) groups is 1. The minimum Gasteiger partial charge on any atom is -0.320 e. The van der Waals surface area contributed by atoms with Gasteiger partial charge in [0.05, 0.1) is 21.1 Å². The molecule has 2 rings (SSSR count). The van der Waals surface area contributed by atoms with Gasteiger partial charge in [-0.2, -0.15) is 0 Å². The normalized spacial score (nSPS) is 10.1. The molecule has 82 valence electrons. The van der Waals surface area contributed by atoms with Gasteiger partial charge in [0.15, 0.2) is 0 Å². The van der Waals surface area contributed by atoms with E-state index in [9.17, 15) is 4.79 Å². The van der Waals surface area contributed by atoms with Crippen molar-refractivity contribution in [2.45, 2.75) is 0 Å². The van der Waals surface area contributed by atoms with E-state index in [2.05, 4.69) is 10.3 Å². The van der Waals surface area contributed by atoms with Crippen LogP contribution in [0, 0.1) is 0 Å². The summed E-state index contributed by atoms with van der Waals surface area (Å²) >= 11 is 12.6. The van der Waals surface area contributed by atoms with E-state index in [0.29, 0.717) is 20.1 Å². The smallest absolute Gasteiger partial charge is 0.265 e. The minimum absolute atomic E-state index is 0.207. The van der Waals surface area contributed by atoms with Crippen LogP contribution in [0.3, 0.4) is 0 Å². The molecule has 0 saturated carbocycles. The van der Waals surface area contributed by atoms with E-state index < -0.39 is 0 Å². The van der Waals surface area contributed by atoms with Crippen molar-refractivity contribution in [3.05, 3.63) is 44.8 Å². The number of nitrogens with one attached hydrogen (secondary N) is 1. The average Bonchev–Trinajstić information content (AvgIpc) is 2.68. The number of thiophene rings is 1. The Kier molecular flexibility index (Phi) is 3.43. The Bertz CT molecular complexity index is 510. The van der Waals surface area contributed by atoms with Crippen LogP contribution in [0.25, 0.3) is 0 Å². The maximum atomic E-state index is 11.7. The molecular weight excluding hydrogens is 267 g/mol. The fraction of sp³-hybridized carbons (Fsp3) is 0. The van der Waals surface area contributed by atoms with Gasteiger partial charge in [-0.05, 0) is 24.3 Å². The maximum Gasteiger partial charge on any atom is 0.265 e. The molecule has 0 atom stereocenters. The van der Waals surface area contributed by atoms with E-state index in [1.807, 2.05) is 0 Å². The van der Waals surface area contributed by atoms with Crippen molar-refractivity contribution < 1.29 is 4.79 Å². The van der Waals surface area contributed by atoms with Crippen LogP contribution in [0.1, 0.15) is 9.67 Å². The molecule has 0 aliphatic rings. The first kappa shape index (κ1) is 11.4. The number of halogens is 2. The van der Waals surface area contributed by atoms with E-state index >= 15 is 0 Å². The zero-order chi connectivity index (χ0) is 11.5. The molecule has 0 saturated heterocycles. The van der Waals surface area contributed by atoms with Crippen molar-refractivity contribution in [3.8, 4) is 0 Å². The summed E-state index contributed by atoms with van der Waals surface area (Å²) < 4.78 is 0.583. The molecule has 0 aliphatic heterocycles. The lowest BCUT2D eigenvalue weighted by Gasteiger charge is -2.02. The molecule has 2 aromatic heterocycles. The molecule has 16 heavy (non-hydrogen) atoms. The summed E-state index contributed by atoms with van der Waals surface area (Å²) in [5, 5.41) is 3.08. The van der Waals surface area contributed by atoms with Gasteiger partial charge in [0, 0.05) is 0 Å². The number of anilines is 1. The van der Waals surface area contributed by atoms with Crippen LogP contribution in [-0.4, -0.2) is 10.9 Å². The second-order valence-electron chi connectivity index (χ2n) is 2.93. The third-order valence-electron chi connectivity index (χ3n) is 1.78. The zero-order valence-corrected chi connectivity index (χ0v) is 10.2. The summed E-state index contributed by atoms with van der Waals surface area (Å²) in [6.45, 7) is 0. The van der Waals surface area contributed by atoms with Crippen molar-refractivity contribution >= 4 is 46.1 Å². The molecule has 1 amide bonds. The predicted octanol–water partition coefficient (Wildman–Crippen LogP) is 3.70. The highest BCUT2D eigenvalue weighted by molar-refractivity contribution is 7.18. The van der Waals surface area contributed by atoms with Crippen molar-refractivity contribution in [1.82, 2.24) is 4.98 Å². The topological polar surface area (TPSA) is 42.0 Å². The lowest BCUT2D eigenvalue weighted by Crippen LogP contribution is -2.10. The van der Waals surface area contributed by atoms with Crippen molar-refractivity contribution in [2.75, 3.05) is 5.32 Å². The average molecular weight is 273 g/mol. The number of aromatic nitrogens is 1. The predicted molar refractivity (Wildman–Crippen MR) is 66.5 cm³/mol. The number of hydrogen-bond acceptors (Lipinski definition) is 3. The van der Waals surface area contributed by atoms with Gasteiger partial charge in [-0.1, -0.05) is 23.2 Å². The van der Waals surface area contributed by atoms with E-state index in [-0.39, 0.29) is 5.91 Å². The van der Waals surface area contributed by atoms with Gasteiger partial charge in [0.25, 0.3) is 5.91 Å². The van der Waals surface area contributed by atoms with Gasteiger partial charge in [0.2, 0.25) is 0 Å². The molecule has 1 N–H and O–H groups in total. The molecule has 0 aliphatic carbocycles. The molecular formula is C10H6Cl2N2OS. The Labute approximate surface area is 106 Å². The monoisotopic (exact) mass is 272 g/mol. The van der Waals surface area contributed by atoms with E-state index in [1.165, 1.54) is 17.5 Å². The highest BCUT2D eigenvalue weighted by atomic mass is 35.5. The summed E-state index contributed by atoms with van der Waals surface area (Å²) in [4.78, 5) is 16.1. The van der Waals surface area contributed by atoms with Crippen LogP contribution >= 0.6 is 34.5 Å². The zero-order valence-electron chi connectivity index (χ0n) is 7.91. The second-order valence-corrected chi connectivity index (χ2v) is 5.03. The van der Waals surface area contributed by atoms with Gasteiger partial charge >= 0.3 is 0 Å². The molecule has 0 unspecified atom stereocenters. The Balaban J connectivity index is 2.10. The molecule has 0 aromatic carbocycles. The van der Waals surface area contributed by atoms with Gasteiger partial charge in [-0.3, -0.25) is 4.79 Å². The number of carbonyl (C=O) groups excluding carboxylic acids is 1. The first-order valence-corrected chi connectivity index (χ1v) is 5.90. The van der Waals surface area contributed by atoms with Crippen molar-refractivity contribution in [3.63, 3.8) is 0 Å². The molecule has 0 spiro atoms. The lowest BCUT2D eigenvalue weighted by molar-refractivity contribution is 0.103. The Morgan fingerprint density at radius 3 is 2.62 bits per heavy atom. The van der Waals surface area contributed by atoms with E-state index in [0.717, 1.165) is 0 Å². The van der Waals surface area contributed by atoms with Crippen LogP contribution in [0.4, 0.5) is 5.69 Å². The maximum absolute atomic E-state index is 11.7. The molecule has 3 nitrogen and oxygen atoms in total. The number of amides is 1. The van der Waals surface area contributed by atoms with Gasteiger partial charge in [0.1, 0.15) is 5.15 Å². The first-order valence-electron chi connectivity index (χ1n) is 4.33. The number of pyridine rings is 1. The highest BCUT2D eigenvalue weighted by Crippen LogP contribution is 2.22. The molecule has 6 heteroatoms. The van der Waals surface area contributed by atoms with Crippen LogP contribution in [0.2, 0.25) is 9.49 Å². The summed E-state index contributed by atoms with van der Waals surface area (Å²) in [5.74, 6) is -0.207. The fourth-order valence-electron chi connectivity index (χ4n) is 1.08. The molecule has 0 fully saturated rings. The highest BCUT2D eigenvalue weighted by Gasteiger charge is 2.08. The summed E-state index contributed by atoms with van der Waals surface area (Å²) in [6, 6.07) is 6.65. The Morgan fingerprint density at radius 1 is 1.25 bits per heavy atom. The standard InChI is InChI=1S/C10H6Cl2N2OS/c11-8-3-1-6(5-13-8)14-10(15)7-2-4-9(12)16-7/h1-5H,(H,14,15). The Hall–Kier alpha value is -1.10. The molecule has 2 aromatic rings. The van der Waals surface area contributed by atoms with Gasteiger partial charge in [-0.15, -0.1) is 11.3 Å². The van der Waals surface area contributed by atoms with Crippen molar-refractivity contribution in [2.24, 2.45) is 0 Å². The SMILES string of the molecule is O=C(Nc1ccc(Cl)nc1)c1ccc(Cl)s1. The van der Waals surface area contributed by atoms with Crippen LogP contribution in [-0.2, 0) is 0 Å². The van der Waals surface area contributed by atoms with Gasteiger partial charge < -0.3 is 5.32 Å². The third-order valence-corrected chi connectivity index (χ3v) is 3.24. The molecule has 0 bridgehead atoms. The summed E-state index contributed by atoms with van der Waals surface area (Å²) in [5.41, 5.74) is 0.596. The molecule has 2 heterocycles. The number of nitrogens with zero attached hydrogens (tertiary/aromatic N) is 1. The van der Waals surface area contributed by atoms with E-state index in [4.69, 9.17) is 23.2 Å². The van der Waals surface area contributed by atoms with E-state index in [1.54, 1.807) is 24.3 Å². The first-order chi connectivity index (χ1) is 7.65. The number of rotatable bonds is 2. The quantitative estimate of drug-likeness (QED) is 0.847. The third kappa shape index (κ3) is 2.72. The molecule has 0 radical (unpaired) electrons. The van der Waals surface area contributed by atoms with Crippen molar-refractivity contribution in [1.29, 1.82) is 0 Å². The second kappa shape index (κ2) is 4.82. The summed E-state index contributed by atoms with van der Waals surface area (Å²) in [7, 11) is 0.